The third-order valence-electron chi connectivity index (χ3n) is 4.47. The first-order chi connectivity index (χ1) is 12.3. The minimum absolute atomic E-state index is 0.142. The molecule has 1 fully saturated rings. The molecule has 0 aliphatic carbocycles. The van der Waals surface area contributed by atoms with E-state index in [-0.39, 0.29) is 12.5 Å². The highest BCUT2D eigenvalue weighted by atomic mass is 19.4. The molecule has 138 valence electrons. The van der Waals surface area contributed by atoms with Gasteiger partial charge in [-0.15, -0.1) is 0 Å². The number of amides is 1. The van der Waals surface area contributed by atoms with Gasteiger partial charge in [0, 0.05) is 18.7 Å². The van der Waals surface area contributed by atoms with Crippen molar-refractivity contribution in [2.75, 3.05) is 19.6 Å². The summed E-state index contributed by atoms with van der Waals surface area (Å²) in [4.78, 5) is 12.3. The van der Waals surface area contributed by atoms with Crippen LogP contribution < -0.4 is 10.6 Å². The topological polar surface area (TPSA) is 61.4 Å². The first-order valence-corrected chi connectivity index (χ1v) is 8.26. The van der Waals surface area contributed by atoms with Gasteiger partial charge in [-0.1, -0.05) is 24.3 Å². The highest BCUT2D eigenvalue weighted by molar-refractivity contribution is 5.95. The fraction of sp³-hybridized carbons (Fsp3) is 0.316. The second-order valence-electron chi connectivity index (χ2n) is 6.49. The second kappa shape index (κ2) is 7.09. The molecule has 1 atom stereocenters. The largest absolute Gasteiger partial charge is 0.416 e. The van der Waals surface area contributed by atoms with Crippen LogP contribution in [0.15, 0.2) is 48.5 Å². The van der Waals surface area contributed by atoms with Gasteiger partial charge in [0.2, 0.25) is 0 Å². The van der Waals surface area contributed by atoms with Crippen molar-refractivity contribution in [2.45, 2.75) is 18.2 Å². The number of hydrogen-bond donors (Lipinski definition) is 3. The second-order valence-corrected chi connectivity index (χ2v) is 6.49. The molecule has 0 unspecified atom stereocenters. The lowest BCUT2D eigenvalue weighted by atomic mass is 10.0. The Kier molecular flexibility index (Phi) is 5.02. The molecule has 26 heavy (non-hydrogen) atoms. The predicted octanol–water partition coefficient (Wildman–Crippen LogP) is 2.83. The van der Waals surface area contributed by atoms with Crippen LogP contribution in [0.1, 0.15) is 22.3 Å². The summed E-state index contributed by atoms with van der Waals surface area (Å²) in [5.41, 5.74) is -0.0369. The fourth-order valence-corrected chi connectivity index (χ4v) is 2.92. The van der Waals surface area contributed by atoms with Crippen LogP contribution in [0.2, 0.25) is 0 Å². The van der Waals surface area contributed by atoms with Gasteiger partial charge in [-0.3, -0.25) is 4.79 Å². The zero-order valence-corrected chi connectivity index (χ0v) is 13.9. The third-order valence-corrected chi connectivity index (χ3v) is 4.47. The van der Waals surface area contributed by atoms with E-state index in [0.717, 1.165) is 12.1 Å². The Labute approximate surface area is 149 Å². The van der Waals surface area contributed by atoms with Crippen molar-refractivity contribution in [3.05, 3.63) is 59.7 Å². The third kappa shape index (κ3) is 4.23. The zero-order valence-electron chi connectivity index (χ0n) is 13.9. The molecule has 1 aliphatic heterocycles. The van der Waals surface area contributed by atoms with Crippen molar-refractivity contribution in [1.82, 2.24) is 10.6 Å². The monoisotopic (exact) mass is 364 g/mol. The Morgan fingerprint density at radius 1 is 1.15 bits per heavy atom. The van der Waals surface area contributed by atoms with Gasteiger partial charge in [-0.2, -0.15) is 13.2 Å². The highest BCUT2D eigenvalue weighted by Gasteiger charge is 2.31. The van der Waals surface area contributed by atoms with Gasteiger partial charge < -0.3 is 15.7 Å². The molecular formula is C19H19F3N2O2. The van der Waals surface area contributed by atoms with Gasteiger partial charge in [0.15, 0.2) is 0 Å². The number of carbonyl (C=O) groups excluding carboxylic acids is 1. The lowest BCUT2D eigenvalue weighted by molar-refractivity contribution is -0.137. The maximum absolute atomic E-state index is 12.7. The lowest BCUT2D eigenvalue weighted by Crippen LogP contribution is -2.44. The zero-order chi connectivity index (χ0) is 18.8. The van der Waals surface area contributed by atoms with Gasteiger partial charge >= 0.3 is 6.18 Å². The summed E-state index contributed by atoms with van der Waals surface area (Å²) in [6.45, 7) is 1.28. The molecule has 2 aromatic rings. The number of benzene rings is 2. The van der Waals surface area contributed by atoms with E-state index in [4.69, 9.17) is 0 Å². The maximum Gasteiger partial charge on any atom is 0.416 e. The molecule has 0 bridgehead atoms. The number of halogens is 3. The normalized spacial score (nSPS) is 20.2. The van der Waals surface area contributed by atoms with Gasteiger partial charge in [-0.25, -0.2) is 0 Å². The van der Waals surface area contributed by atoms with Crippen molar-refractivity contribution in [1.29, 1.82) is 0 Å². The molecule has 4 nitrogen and oxygen atoms in total. The molecule has 0 saturated carbocycles. The molecule has 1 aliphatic rings. The standard InChI is InChI=1S/C19H19F3N2O2/c20-19(21,22)16-6-4-13(5-7-16)14-2-1-3-15(10-14)17(25)24-12-18(26)8-9-23-11-18/h1-7,10,23,26H,8-9,11-12H2,(H,24,25)/t18-/m0/s1. The summed E-state index contributed by atoms with van der Waals surface area (Å²) >= 11 is 0. The van der Waals surface area contributed by atoms with Crippen molar-refractivity contribution >= 4 is 5.91 Å². The highest BCUT2D eigenvalue weighted by Crippen LogP contribution is 2.31. The first-order valence-electron chi connectivity index (χ1n) is 8.26. The fourth-order valence-electron chi connectivity index (χ4n) is 2.92. The minimum atomic E-state index is -4.38. The maximum atomic E-state index is 12.7. The number of nitrogens with one attached hydrogen (secondary N) is 2. The molecule has 7 heteroatoms. The Hall–Kier alpha value is -2.38. The number of carbonyl (C=O) groups is 1. The van der Waals surface area contributed by atoms with E-state index in [9.17, 15) is 23.1 Å². The molecule has 2 aromatic carbocycles. The Bertz CT molecular complexity index is 782. The number of hydrogen-bond acceptors (Lipinski definition) is 3. The number of β-amino-alcohol motifs (C(OH)–C–C–N with tert-alkyl or cyclic N) is 1. The van der Waals surface area contributed by atoms with E-state index >= 15 is 0 Å². The first kappa shape index (κ1) is 18.4. The van der Waals surface area contributed by atoms with E-state index in [1.54, 1.807) is 24.3 Å². The van der Waals surface area contributed by atoms with Crippen LogP contribution in [-0.2, 0) is 6.18 Å². The predicted molar refractivity (Wildman–Crippen MR) is 91.6 cm³/mol. The summed E-state index contributed by atoms with van der Waals surface area (Å²) < 4.78 is 38.0. The molecule has 0 spiro atoms. The Morgan fingerprint density at radius 2 is 1.88 bits per heavy atom. The van der Waals surface area contributed by atoms with Crippen LogP contribution in [-0.4, -0.2) is 36.2 Å². The van der Waals surface area contributed by atoms with Gasteiger partial charge in [-0.05, 0) is 48.4 Å². The Morgan fingerprint density at radius 3 is 2.50 bits per heavy atom. The molecule has 1 heterocycles. The van der Waals surface area contributed by atoms with Crippen LogP contribution in [0.4, 0.5) is 13.2 Å². The summed E-state index contributed by atoms with van der Waals surface area (Å²) in [6.07, 6.45) is -3.81. The molecule has 1 amide bonds. The van der Waals surface area contributed by atoms with Crippen LogP contribution >= 0.6 is 0 Å². The van der Waals surface area contributed by atoms with Crippen molar-refractivity contribution in [2.24, 2.45) is 0 Å². The summed E-state index contributed by atoms with van der Waals surface area (Å²) in [5, 5.41) is 16.0. The molecule has 0 radical (unpaired) electrons. The number of alkyl halides is 3. The average Bonchev–Trinajstić information content (AvgIpc) is 3.06. The van der Waals surface area contributed by atoms with Crippen LogP contribution in [0.3, 0.4) is 0 Å². The Balaban J connectivity index is 1.72. The molecule has 3 rings (SSSR count). The van der Waals surface area contributed by atoms with Gasteiger partial charge in [0.25, 0.3) is 5.91 Å². The van der Waals surface area contributed by atoms with Gasteiger partial charge in [0.05, 0.1) is 11.2 Å². The number of aliphatic hydroxyl groups is 1. The quantitative estimate of drug-likeness (QED) is 0.782. The van der Waals surface area contributed by atoms with E-state index in [2.05, 4.69) is 10.6 Å². The molecule has 3 N–H and O–H groups in total. The van der Waals surface area contributed by atoms with Crippen molar-refractivity contribution < 1.29 is 23.1 Å². The van der Waals surface area contributed by atoms with Crippen LogP contribution in [0.5, 0.6) is 0 Å². The van der Waals surface area contributed by atoms with E-state index in [1.165, 1.54) is 12.1 Å². The lowest BCUT2D eigenvalue weighted by Gasteiger charge is -2.21. The van der Waals surface area contributed by atoms with E-state index < -0.39 is 17.3 Å². The van der Waals surface area contributed by atoms with Crippen molar-refractivity contribution in [3.8, 4) is 11.1 Å². The van der Waals surface area contributed by atoms with Gasteiger partial charge in [0.1, 0.15) is 0 Å². The van der Waals surface area contributed by atoms with E-state index in [1.807, 2.05) is 0 Å². The SMILES string of the molecule is O=C(NC[C@]1(O)CCNC1)c1cccc(-c2ccc(C(F)(F)F)cc2)c1. The van der Waals surface area contributed by atoms with Crippen LogP contribution in [0, 0.1) is 0 Å². The average molecular weight is 364 g/mol. The summed E-state index contributed by atoms with van der Waals surface area (Å²) in [7, 11) is 0. The van der Waals surface area contributed by atoms with E-state index in [0.29, 0.717) is 36.2 Å². The molecular weight excluding hydrogens is 345 g/mol. The summed E-state index contributed by atoms with van der Waals surface area (Å²) in [5.74, 6) is -0.334. The smallest absolute Gasteiger partial charge is 0.387 e. The minimum Gasteiger partial charge on any atom is -0.387 e. The van der Waals surface area contributed by atoms with Crippen LogP contribution in [0.25, 0.3) is 11.1 Å². The summed E-state index contributed by atoms with van der Waals surface area (Å²) in [6, 6.07) is 11.4. The van der Waals surface area contributed by atoms with Crippen molar-refractivity contribution in [3.63, 3.8) is 0 Å². The molecule has 0 aromatic heterocycles. The number of rotatable bonds is 4. The molecule has 1 saturated heterocycles.